The number of hydrazine groups is 2. The maximum Gasteiger partial charge on any atom is 0.223 e. The third-order valence-electron chi connectivity index (χ3n) is 4.73. The summed E-state index contributed by atoms with van der Waals surface area (Å²) in [6.45, 7) is 1.45. The van der Waals surface area contributed by atoms with Crippen molar-refractivity contribution in [3.63, 3.8) is 0 Å². The van der Waals surface area contributed by atoms with Gasteiger partial charge in [0.15, 0.2) is 15.0 Å². The summed E-state index contributed by atoms with van der Waals surface area (Å²) < 4.78 is 23.4. The Labute approximate surface area is 197 Å². The smallest absolute Gasteiger partial charge is 0.223 e. The van der Waals surface area contributed by atoms with Crippen LogP contribution in [0.5, 0.6) is 0 Å². The molecule has 0 atom stereocenters. The highest BCUT2D eigenvalue weighted by Crippen LogP contribution is 2.27. The molecule has 5 N–H and O–H groups in total. The number of amides is 1. The number of hydrogen-bond acceptors (Lipinski definition) is 8. The minimum Gasteiger partial charge on any atom is -0.302 e. The molecule has 0 aliphatic rings. The first kappa shape index (κ1) is 24.5. The molecule has 1 heterocycles. The van der Waals surface area contributed by atoms with Crippen molar-refractivity contribution >= 4 is 44.2 Å². The van der Waals surface area contributed by atoms with Crippen molar-refractivity contribution in [2.75, 3.05) is 11.6 Å². The Hall–Kier alpha value is -3.12. The normalized spacial score (nSPS) is 11.6. The van der Waals surface area contributed by atoms with Crippen molar-refractivity contribution in [2.24, 2.45) is 10.8 Å². The lowest BCUT2D eigenvalue weighted by Crippen LogP contribution is -2.36. The topological polar surface area (TPSA) is 139 Å². The second-order valence-electron chi connectivity index (χ2n) is 7.38. The molecule has 3 rings (SSSR count). The van der Waals surface area contributed by atoms with Crippen LogP contribution in [0.2, 0.25) is 0 Å². The SMILES string of the molecule is CC(=O)Nc1nc(CCc2ccc(N=CNNN)cc2)c(Cc2ccc(S(C)(=O)=O)cc2)s1. The van der Waals surface area contributed by atoms with E-state index in [4.69, 9.17) is 5.84 Å². The van der Waals surface area contributed by atoms with Crippen LogP contribution in [0.25, 0.3) is 0 Å². The molecule has 0 saturated carbocycles. The summed E-state index contributed by atoms with van der Waals surface area (Å²) in [6, 6.07) is 14.7. The molecule has 3 aromatic rings. The second-order valence-corrected chi connectivity index (χ2v) is 10.5. The average molecular weight is 487 g/mol. The Bertz CT molecular complexity index is 1220. The minimum atomic E-state index is -3.24. The van der Waals surface area contributed by atoms with Crippen LogP contribution in [-0.2, 0) is 33.9 Å². The van der Waals surface area contributed by atoms with Gasteiger partial charge in [-0.3, -0.25) is 16.1 Å². The van der Waals surface area contributed by atoms with E-state index in [1.807, 2.05) is 36.4 Å². The Morgan fingerprint density at radius 1 is 1.09 bits per heavy atom. The zero-order valence-corrected chi connectivity index (χ0v) is 20.0. The first-order valence-corrected chi connectivity index (χ1v) is 12.8. The van der Waals surface area contributed by atoms with E-state index in [0.717, 1.165) is 33.8 Å². The minimum absolute atomic E-state index is 0.171. The summed E-state index contributed by atoms with van der Waals surface area (Å²) in [6.07, 6.45) is 4.73. The van der Waals surface area contributed by atoms with Crippen LogP contribution < -0.4 is 22.1 Å². The highest BCUT2D eigenvalue weighted by atomic mass is 32.2. The number of carbonyl (C=O) groups is 1. The standard InChI is InChI=1S/C22H26N6O3S2/c1-15(29)26-22-27-20(12-7-16-3-8-18(9-4-16)24-14-25-28-23)21(32-22)13-17-5-10-19(11-6-17)33(2,30)31/h3-6,8-11,14,28H,7,12-13,23H2,1-2H3,(H,24,25)(H,26,27,29). The average Bonchev–Trinajstić information content (AvgIpc) is 3.13. The molecule has 1 amide bonds. The van der Waals surface area contributed by atoms with Gasteiger partial charge in [-0.1, -0.05) is 24.3 Å². The summed E-state index contributed by atoms with van der Waals surface area (Å²) in [5, 5.41) is 3.32. The van der Waals surface area contributed by atoms with Gasteiger partial charge < -0.3 is 5.32 Å². The number of anilines is 1. The van der Waals surface area contributed by atoms with Crippen molar-refractivity contribution < 1.29 is 13.2 Å². The monoisotopic (exact) mass is 486 g/mol. The Morgan fingerprint density at radius 2 is 1.76 bits per heavy atom. The molecular formula is C22H26N6O3S2. The molecule has 11 heteroatoms. The number of thiazole rings is 1. The third-order valence-corrected chi connectivity index (χ3v) is 6.87. The van der Waals surface area contributed by atoms with Gasteiger partial charge in [0, 0.05) is 24.5 Å². The molecule has 0 bridgehead atoms. The van der Waals surface area contributed by atoms with Crippen LogP contribution in [0, 0.1) is 0 Å². The number of benzene rings is 2. The zero-order valence-electron chi connectivity index (χ0n) is 18.3. The van der Waals surface area contributed by atoms with E-state index in [2.05, 4.69) is 26.3 Å². The summed E-state index contributed by atoms with van der Waals surface area (Å²) in [5.41, 5.74) is 8.67. The quantitative estimate of drug-likeness (QED) is 0.149. The van der Waals surface area contributed by atoms with Crippen molar-refractivity contribution in [3.8, 4) is 0 Å². The van der Waals surface area contributed by atoms with Gasteiger partial charge in [-0.25, -0.2) is 18.4 Å². The number of nitrogens with zero attached hydrogens (tertiary/aromatic N) is 2. The maximum atomic E-state index is 11.7. The van der Waals surface area contributed by atoms with Gasteiger partial charge in [-0.2, -0.15) is 5.53 Å². The first-order chi connectivity index (χ1) is 15.7. The van der Waals surface area contributed by atoms with Gasteiger partial charge in [0.1, 0.15) is 6.34 Å². The van der Waals surface area contributed by atoms with Crippen LogP contribution in [-0.4, -0.2) is 31.9 Å². The van der Waals surface area contributed by atoms with Gasteiger partial charge >= 0.3 is 0 Å². The van der Waals surface area contributed by atoms with Gasteiger partial charge in [-0.05, 0) is 48.2 Å². The molecule has 9 nitrogen and oxygen atoms in total. The number of sulfone groups is 1. The predicted molar refractivity (Wildman–Crippen MR) is 131 cm³/mol. The fraction of sp³-hybridized carbons (Fsp3) is 0.227. The zero-order chi connectivity index (χ0) is 23.8. The molecule has 33 heavy (non-hydrogen) atoms. The van der Waals surface area contributed by atoms with Crippen LogP contribution in [0.4, 0.5) is 10.8 Å². The number of nitrogens with one attached hydrogen (secondary N) is 3. The highest BCUT2D eigenvalue weighted by molar-refractivity contribution is 7.90. The van der Waals surface area contributed by atoms with E-state index < -0.39 is 9.84 Å². The maximum absolute atomic E-state index is 11.7. The summed E-state index contributed by atoms with van der Waals surface area (Å²) in [5.74, 6) is 4.95. The van der Waals surface area contributed by atoms with E-state index >= 15 is 0 Å². The number of aryl methyl sites for hydroxylation is 2. The van der Waals surface area contributed by atoms with E-state index in [9.17, 15) is 13.2 Å². The molecule has 0 saturated heterocycles. The number of carbonyl (C=O) groups excluding carboxylic acids is 1. The molecule has 0 spiro atoms. The third kappa shape index (κ3) is 7.46. The second kappa shape index (κ2) is 11.1. The Kier molecular flexibility index (Phi) is 8.28. The number of aromatic nitrogens is 1. The van der Waals surface area contributed by atoms with E-state index in [0.29, 0.717) is 18.0 Å². The van der Waals surface area contributed by atoms with E-state index in [1.165, 1.54) is 30.9 Å². The van der Waals surface area contributed by atoms with Crippen molar-refractivity contribution in [2.45, 2.75) is 31.1 Å². The van der Waals surface area contributed by atoms with Gasteiger partial charge in [0.05, 0.1) is 16.3 Å². The fourth-order valence-corrected chi connectivity index (χ4v) is 4.84. The van der Waals surface area contributed by atoms with Crippen LogP contribution in [0.15, 0.2) is 58.4 Å². The van der Waals surface area contributed by atoms with Crippen LogP contribution >= 0.6 is 11.3 Å². The Balaban J connectivity index is 1.74. The lowest BCUT2D eigenvalue weighted by molar-refractivity contribution is -0.114. The molecule has 0 unspecified atom stereocenters. The predicted octanol–water partition coefficient (Wildman–Crippen LogP) is 2.51. The molecule has 2 aromatic carbocycles. The fourth-order valence-electron chi connectivity index (χ4n) is 3.12. The Morgan fingerprint density at radius 3 is 2.36 bits per heavy atom. The lowest BCUT2D eigenvalue weighted by Gasteiger charge is -2.05. The largest absolute Gasteiger partial charge is 0.302 e. The lowest BCUT2D eigenvalue weighted by atomic mass is 10.0. The van der Waals surface area contributed by atoms with Crippen molar-refractivity contribution in [1.29, 1.82) is 0 Å². The number of nitrogens with two attached hydrogens (primary N) is 1. The van der Waals surface area contributed by atoms with E-state index in [1.54, 1.807) is 12.1 Å². The summed E-state index contributed by atoms with van der Waals surface area (Å²) >= 11 is 1.44. The molecule has 174 valence electrons. The van der Waals surface area contributed by atoms with Gasteiger partial charge in [-0.15, -0.1) is 11.3 Å². The molecule has 0 fully saturated rings. The number of hydrogen-bond donors (Lipinski definition) is 4. The summed E-state index contributed by atoms with van der Waals surface area (Å²) in [4.78, 5) is 21.7. The summed E-state index contributed by atoms with van der Waals surface area (Å²) in [7, 11) is -3.24. The van der Waals surface area contributed by atoms with E-state index in [-0.39, 0.29) is 10.8 Å². The number of rotatable bonds is 10. The molecule has 0 aliphatic heterocycles. The number of aliphatic imine (C=N–C) groups is 1. The molecule has 0 aliphatic carbocycles. The van der Waals surface area contributed by atoms with Crippen molar-refractivity contribution in [3.05, 3.63) is 70.2 Å². The molecule has 1 aromatic heterocycles. The molecule has 0 radical (unpaired) electrons. The van der Waals surface area contributed by atoms with Crippen LogP contribution in [0.3, 0.4) is 0 Å². The van der Waals surface area contributed by atoms with Crippen molar-refractivity contribution in [1.82, 2.24) is 15.9 Å². The van der Waals surface area contributed by atoms with Crippen LogP contribution in [0.1, 0.15) is 28.6 Å². The van der Waals surface area contributed by atoms with Gasteiger partial charge in [0.25, 0.3) is 0 Å². The van der Waals surface area contributed by atoms with Gasteiger partial charge in [0.2, 0.25) is 5.91 Å². The highest BCUT2D eigenvalue weighted by Gasteiger charge is 2.14. The molecular weight excluding hydrogens is 460 g/mol. The first-order valence-electron chi connectivity index (χ1n) is 10.1.